The first kappa shape index (κ1) is 13.3. The molecular formula is C12H12BrIN2S. The summed E-state index contributed by atoms with van der Waals surface area (Å²) >= 11 is 7.43. The van der Waals surface area contributed by atoms with Crippen molar-refractivity contribution in [2.45, 2.75) is 19.8 Å². The van der Waals surface area contributed by atoms with Crippen molar-refractivity contribution in [1.82, 2.24) is 4.98 Å². The highest BCUT2D eigenvalue weighted by molar-refractivity contribution is 14.1. The van der Waals surface area contributed by atoms with Gasteiger partial charge < -0.3 is 5.73 Å². The Balaban J connectivity index is 2.40. The van der Waals surface area contributed by atoms with E-state index < -0.39 is 0 Å². The molecule has 0 fully saturated rings. The number of hydrogen-bond donors (Lipinski definition) is 1. The Labute approximate surface area is 127 Å². The molecule has 17 heavy (non-hydrogen) atoms. The monoisotopic (exact) mass is 422 g/mol. The van der Waals surface area contributed by atoms with E-state index in [0.29, 0.717) is 11.0 Å². The average Bonchev–Trinajstić information content (AvgIpc) is 2.61. The van der Waals surface area contributed by atoms with Crippen molar-refractivity contribution in [3.05, 3.63) is 42.4 Å². The second-order valence-electron chi connectivity index (χ2n) is 3.90. The Morgan fingerprint density at radius 2 is 2.18 bits per heavy atom. The predicted molar refractivity (Wildman–Crippen MR) is 85.6 cm³/mol. The minimum atomic E-state index is 0.339. The molecule has 0 radical (unpaired) electrons. The fraction of sp³-hybridized carbons (Fsp3) is 0.250. The topological polar surface area (TPSA) is 38.9 Å². The van der Waals surface area contributed by atoms with Crippen LogP contribution in [0.5, 0.6) is 0 Å². The summed E-state index contributed by atoms with van der Waals surface area (Å²) in [6.07, 6.45) is 0. The van der Waals surface area contributed by atoms with E-state index in [-0.39, 0.29) is 0 Å². The van der Waals surface area contributed by atoms with E-state index in [2.05, 4.69) is 68.6 Å². The number of halogens is 2. The van der Waals surface area contributed by atoms with Crippen molar-refractivity contribution < 1.29 is 0 Å². The van der Waals surface area contributed by atoms with Gasteiger partial charge in [-0.05, 0) is 63.1 Å². The molecule has 2 nitrogen and oxygen atoms in total. The Morgan fingerprint density at radius 1 is 1.47 bits per heavy atom. The van der Waals surface area contributed by atoms with E-state index in [1.54, 1.807) is 11.3 Å². The van der Waals surface area contributed by atoms with Gasteiger partial charge in [0.1, 0.15) is 0 Å². The maximum Gasteiger partial charge on any atom is 0.180 e. The molecule has 1 unspecified atom stereocenters. The summed E-state index contributed by atoms with van der Waals surface area (Å²) in [5, 5.41) is 0.649. The normalized spacial score (nSPS) is 12.7. The molecule has 2 aromatic rings. The molecule has 0 aliphatic carbocycles. The first-order valence-electron chi connectivity index (χ1n) is 5.16. The van der Waals surface area contributed by atoms with E-state index in [4.69, 9.17) is 5.73 Å². The summed E-state index contributed by atoms with van der Waals surface area (Å²) in [5.41, 5.74) is 8.08. The molecule has 0 saturated carbocycles. The summed E-state index contributed by atoms with van der Waals surface area (Å²) in [7, 11) is 0. The van der Waals surface area contributed by atoms with Crippen LogP contribution in [0.1, 0.15) is 29.0 Å². The number of nitrogens with zero attached hydrogens (tertiary/aromatic N) is 1. The van der Waals surface area contributed by atoms with E-state index in [0.717, 1.165) is 10.2 Å². The number of thiazole rings is 1. The van der Waals surface area contributed by atoms with Crippen LogP contribution in [0, 0.1) is 10.5 Å². The highest BCUT2D eigenvalue weighted by Crippen LogP contribution is 2.34. The number of rotatable bonds is 2. The van der Waals surface area contributed by atoms with Gasteiger partial charge in [0.25, 0.3) is 0 Å². The molecular weight excluding hydrogens is 411 g/mol. The third-order valence-corrected chi connectivity index (χ3v) is 6.18. The summed E-state index contributed by atoms with van der Waals surface area (Å²) in [6.45, 7) is 4.21. The van der Waals surface area contributed by atoms with Crippen molar-refractivity contribution in [3.63, 3.8) is 0 Å². The molecule has 0 bridgehead atoms. The molecule has 2 rings (SSSR count). The SMILES string of the molecule is Cc1nc(N)sc1C(C)c1ccc(Br)c(I)c1. The van der Waals surface area contributed by atoms with E-state index >= 15 is 0 Å². The summed E-state index contributed by atoms with van der Waals surface area (Å²) < 4.78 is 2.36. The highest BCUT2D eigenvalue weighted by atomic mass is 127. The van der Waals surface area contributed by atoms with E-state index in [1.165, 1.54) is 14.0 Å². The second-order valence-corrected chi connectivity index (χ2v) is 6.98. The molecule has 1 aromatic heterocycles. The highest BCUT2D eigenvalue weighted by Gasteiger charge is 2.15. The molecule has 0 saturated heterocycles. The lowest BCUT2D eigenvalue weighted by Gasteiger charge is -2.11. The predicted octanol–water partition coefficient (Wildman–Crippen LogP) is 4.55. The number of nitrogens with two attached hydrogens (primary N) is 1. The standard InChI is InChI=1S/C12H12BrIN2S/c1-6(11-7(2)16-12(15)17-11)8-3-4-9(13)10(14)5-8/h3-6H,1-2H3,(H2,15,16). The lowest BCUT2D eigenvalue weighted by atomic mass is 9.99. The molecule has 0 aliphatic heterocycles. The largest absolute Gasteiger partial charge is 0.375 e. The van der Waals surface area contributed by atoms with E-state index in [9.17, 15) is 0 Å². The van der Waals surface area contributed by atoms with Gasteiger partial charge in [0.2, 0.25) is 0 Å². The smallest absolute Gasteiger partial charge is 0.180 e. The molecule has 2 N–H and O–H groups in total. The molecule has 90 valence electrons. The van der Waals surface area contributed by atoms with Crippen LogP contribution in [0.15, 0.2) is 22.7 Å². The van der Waals surface area contributed by atoms with Gasteiger partial charge in [-0.2, -0.15) is 0 Å². The maximum absolute atomic E-state index is 5.75. The number of benzene rings is 1. The van der Waals surface area contributed by atoms with Crippen LogP contribution in [-0.4, -0.2) is 4.98 Å². The minimum Gasteiger partial charge on any atom is -0.375 e. The summed E-state index contributed by atoms with van der Waals surface area (Å²) in [5.74, 6) is 0.339. The third-order valence-electron chi connectivity index (χ3n) is 2.69. The van der Waals surface area contributed by atoms with Crippen LogP contribution in [0.3, 0.4) is 0 Å². The Kier molecular flexibility index (Phi) is 4.10. The first-order valence-corrected chi connectivity index (χ1v) is 7.85. The molecule has 1 heterocycles. The number of anilines is 1. The van der Waals surface area contributed by atoms with Crippen molar-refractivity contribution in [3.8, 4) is 0 Å². The van der Waals surface area contributed by atoms with Crippen molar-refractivity contribution in [2.75, 3.05) is 5.73 Å². The van der Waals surface area contributed by atoms with Gasteiger partial charge in [-0.15, -0.1) is 11.3 Å². The molecule has 0 amide bonds. The number of aromatic nitrogens is 1. The minimum absolute atomic E-state index is 0.339. The Bertz CT molecular complexity index is 553. The number of hydrogen-bond acceptors (Lipinski definition) is 3. The summed E-state index contributed by atoms with van der Waals surface area (Å²) in [4.78, 5) is 5.53. The Hall–Kier alpha value is -0.140. The number of nitrogen functional groups attached to an aromatic ring is 1. The van der Waals surface area contributed by atoms with Gasteiger partial charge >= 0.3 is 0 Å². The van der Waals surface area contributed by atoms with Gasteiger partial charge in [-0.1, -0.05) is 13.0 Å². The molecule has 1 aromatic carbocycles. The lowest BCUT2D eigenvalue weighted by Crippen LogP contribution is -1.96. The fourth-order valence-electron chi connectivity index (χ4n) is 1.76. The molecule has 1 atom stereocenters. The molecule has 0 spiro atoms. The summed E-state index contributed by atoms with van der Waals surface area (Å²) in [6, 6.07) is 6.43. The zero-order chi connectivity index (χ0) is 12.6. The van der Waals surface area contributed by atoms with Gasteiger partial charge in [0.05, 0.1) is 5.69 Å². The van der Waals surface area contributed by atoms with Crippen molar-refractivity contribution in [2.24, 2.45) is 0 Å². The van der Waals surface area contributed by atoms with Gasteiger partial charge in [0.15, 0.2) is 5.13 Å². The van der Waals surface area contributed by atoms with Gasteiger partial charge in [-0.25, -0.2) is 4.98 Å². The average molecular weight is 423 g/mol. The van der Waals surface area contributed by atoms with Crippen LogP contribution >= 0.6 is 49.9 Å². The zero-order valence-electron chi connectivity index (χ0n) is 9.50. The van der Waals surface area contributed by atoms with Crippen LogP contribution < -0.4 is 5.73 Å². The van der Waals surface area contributed by atoms with E-state index in [1.807, 2.05) is 6.92 Å². The quantitative estimate of drug-likeness (QED) is 0.721. The lowest BCUT2D eigenvalue weighted by molar-refractivity contribution is 0.925. The maximum atomic E-state index is 5.75. The Morgan fingerprint density at radius 3 is 2.71 bits per heavy atom. The van der Waals surface area contributed by atoms with Crippen LogP contribution in [0.4, 0.5) is 5.13 Å². The third kappa shape index (κ3) is 2.82. The van der Waals surface area contributed by atoms with Crippen LogP contribution in [0.25, 0.3) is 0 Å². The number of aryl methyl sites for hydroxylation is 1. The second kappa shape index (κ2) is 5.24. The molecule has 5 heteroatoms. The van der Waals surface area contributed by atoms with Crippen LogP contribution in [-0.2, 0) is 0 Å². The van der Waals surface area contributed by atoms with Gasteiger partial charge in [-0.3, -0.25) is 0 Å². The zero-order valence-corrected chi connectivity index (χ0v) is 14.1. The van der Waals surface area contributed by atoms with Crippen molar-refractivity contribution >= 4 is 55.0 Å². The fourth-order valence-corrected chi connectivity index (χ4v) is 3.46. The molecule has 0 aliphatic rings. The van der Waals surface area contributed by atoms with Gasteiger partial charge in [0, 0.05) is 18.8 Å². The van der Waals surface area contributed by atoms with Crippen molar-refractivity contribution in [1.29, 1.82) is 0 Å². The van der Waals surface area contributed by atoms with Crippen LogP contribution in [0.2, 0.25) is 0 Å². The first-order chi connectivity index (χ1) is 7.99.